The van der Waals surface area contributed by atoms with E-state index >= 15 is 0 Å². The Kier molecular flexibility index (Phi) is 3.65. The summed E-state index contributed by atoms with van der Waals surface area (Å²) in [5.74, 6) is 0.821. The van der Waals surface area contributed by atoms with E-state index in [4.69, 9.17) is 5.26 Å². The van der Waals surface area contributed by atoms with E-state index in [1.807, 2.05) is 6.92 Å². The van der Waals surface area contributed by atoms with Crippen molar-refractivity contribution in [3.05, 3.63) is 16.8 Å². The number of thiophene rings is 1. The molecule has 0 aliphatic carbocycles. The molecular weight excluding hydrogens is 250 g/mol. The molecule has 0 fully saturated rings. The minimum Gasteiger partial charge on any atom is -0.229 e. The number of nitriles is 1. The summed E-state index contributed by atoms with van der Waals surface area (Å²) in [5, 5.41) is 10.9. The lowest BCUT2D eigenvalue weighted by molar-refractivity contribution is 0.862. The zero-order chi connectivity index (χ0) is 12.4. The number of aromatic nitrogens is 2. The number of hydrogen-bond donors (Lipinski definition) is 0. The molecule has 0 N–H and O–H groups in total. The molecule has 5 heteroatoms. The fourth-order valence-corrected chi connectivity index (χ4v) is 3.56. The summed E-state index contributed by atoms with van der Waals surface area (Å²) in [6.45, 7) is 6.14. The highest BCUT2D eigenvalue weighted by atomic mass is 32.2. The van der Waals surface area contributed by atoms with Gasteiger partial charge in [-0.3, -0.25) is 0 Å². The highest BCUT2D eigenvalue weighted by Gasteiger charge is 2.13. The van der Waals surface area contributed by atoms with Gasteiger partial charge in [0.25, 0.3) is 0 Å². The molecule has 0 saturated heterocycles. The molecule has 1 unspecified atom stereocenters. The second kappa shape index (κ2) is 5.03. The van der Waals surface area contributed by atoms with Crippen molar-refractivity contribution in [2.75, 3.05) is 5.75 Å². The molecule has 3 nitrogen and oxygen atoms in total. The van der Waals surface area contributed by atoms with E-state index in [9.17, 15) is 0 Å². The molecule has 0 bridgehead atoms. The molecule has 88 valence electrons. The van der Waals surface area contributed by atoms with Crippen LogP contribution in [0.15, 0.2) is 11.4 Å². The number of thioether (sulfide) groups is 1. The van der Waals surface area contributed by atoms with Gasteiger partial charge in [-0.05, 0) is 26.3 Å². The maximum atomic E-state index is 8.79. The van der Waals surface area contributed by atoms with E-state index in [0.29, 0.717) is 0 Å². The standard InChI is InChI=1S/C12H13N3S2/c1-7(4-13)5-16-11-10-8(2)9(3)17-12(10)15-6-14-11/h6-7H,5H2,1-3H3. The van der Waals surface area contributed by atoms with Crippen LogP contribution in [0.1, 0.15) is 17.4 Å². The van der Waals surface area contributed by atoms with Crippen LogP contribution < -0.4 is 0 Å². The van der Waals surface area contributed by atoms with Gasteiger partial charge in [-0.1, -0.05) is 0 Å². The van der Waals surface area contributed by atoms with Crippen LogP contribution >= 0.6 is 23.1 Å². The van der Waals surface area contributed by atoms with Gasteiger partial charge in [0.2, 0.25) is 0 Å². The zero-order valence-electron chi connectivity index (χ0n) is 10.0. The van der Waals surface area contributed by atoms with Crippen molar-refractivity contribution in [1.29, 1.82) is 5.26 Å². The third kappa shape index (κ3) is 2.43. The van der Waals surface area contributed by atoms with Gasteiger partial charge in [0, 0.05) is 16.0 Å². The molecule has 0 aliphatic heterocycles. The molecule has 2 heterocycles. The maximum Gasteiger partial charge on any atom is 0.128 e. The normalized spacial score (nSPS) is 12.6. The first kappa shape index (κ1) is 12.3. The molecule has 0 amide bonds. The van der Waals surface area contributed by atoms with Crippen LogP contribution in [0, 0.1) is 31.1 Å². The Morgan fingerprint density at radius 2 is 2.24 bits per heavy atom. The predicted octanol–water partition coefficient (Wildman–Crippen LogP) is 3.56. The van der Waals surface area contributed by atoms with Gasteiger partial charge in [-0.25, -0.2) is 9.97 Å². The van der Waals surface area contributed by atoms with Gasteiger partial charge < -0.3 is 0 Å². The van der Waals surface area contributed by atoms with E-state index < -0.39 is 0 Å². The van der Waals surface area contributed by atoms with Crippen LogP contribution in [0.3, 0.4) is 0 Å². The largest absolute Gasteiger partial charge is 0.229 e. The van der Waals surface area contributed by atoms with Crippen molar-refractivity contribution in [1.82, 2.24) is 9.97 Å². The van der Waals surface area contributed by atoms with Crippen LogP contribution in [-0.2, 0) is 0 Å². The van der Waals surface area contributed by atoms with E-state index in [1.165, 1.54) is 10.4 Å². The van der Waals surface area contributed by atoms with Crippen molar-refractivity contribution in [2.24, 2.45) is 5.92 Å². The van der Waals surface area contributed by atoms with Gasteiger partial charge >= 0.3 is 0 Å². The first-order valence-corrected chi connectivity index (χ1v) is 7.16. The highest BCUT2D eigenvalue weighted by Crippen LogP contribution is 2.34. The first-order chi connectivity index (χ1) is 8.13. The zero-order valence-corrected chi connectivity index (χ0v) is 11.7. The summed E-state index contributed by atoms with van der Waals surface area (Å²) in [4.78, 5) is 11.0. The van der Waals surface area contributed by atoms with Crippen molar-refractivity contribution >= 4 is 33.3 Å². The van der Waals surface area contributed by atoms with E-state index in [1.54, 1.807) is 29.4 Å². The van der Waals surface area contributed by atoms with Gasteiger partial charge in [-0.2, -0.15) is 5.26 Å². The molecule has 0 radical (unpaired) electrons. The third-order valence-electron chi connectivity index (χ3n) is 2.62. The van der Waals surface area contributed by atoms with Crippen molar-refractivity contribution in [3.63, 3.8) is 0 Å². The van der Waals surface area contributed by atoms with Gasteiger partial charge in [0.15, 0.2) is 0 Å². The fourth-order valence-electron chi connectivity index (χ4n) is 1.50. The lowest BCUT2D eigenvalue weighted by atomic mass is 10.2. The van der Waals surface area contributed by atoms with Crippen molar-refractivity contribution < 1.29 is 0 Å². The van der Waals surface area contributed by atoms with E-state index in [2.05, 4.69) is 29.9 Å². The smallest absolute Gasteiger partial charge is 0.128 e. The Balaban J connectivity index is 2.37. The Morgan fingerprint density at radius 1 is 1.47 bits per heavy atom. The Morgan fingerprint density at radius 3 is 2.94 bits per heavy atom. The summed E-state index contributed by atoms with van der Waals surface area (Å²) >= 11 is 3.35. The van der Waals surface area contributed by atoms with E-state index in [-0.39, 0.29) is 5.92 Å². The lowest BCUT2D eigenvalue weighted by Gasteiger charge is -2.03. The quantitative estimate of drug-likeness (QED) is 0.627. The first-order valence-electron chi connectivity index (χ1n) is 5.36. The Bertz CT molecular complexity index is 583. The average Bonchev–Trinajstić information content (AvgIpc) is 2.63. The number of aryl methyl sites for hydroxylation is 2. The molecule has 0 aliphatic rings. The van der Waals surface area contributed by atoms with Gasteiger partial charge in [0.1, 0.15) is 16.2 Å². The topological polar surface area (TPSA) is 49.6 Å². The minimum absolute atomic E-state index is 0.0463. The summed E-state index contributed by atoms with van der Waals surface area (Å²) < 4.78 is 0. The molecule has 0 aromatic carbocycles. The maximum absolute atomic E-state index is 8.79. The van der Waals surface area contributed by atoms with Crippen molar-refractivity contribution in [2.45, 2.75) is 25.8 Å². The predicted molar refractivity (Wildman–Crippen MR) is 72.4 cm³/mol. The minimum atomic E-state index is 0.0463. The molecule has 0 spiro atoms. The second-order valence-electron chi connectivity index (χ2n) is 3.98. The molecule has 2 aromatic rings. The van der Waals surface area contributed by atoms with Crippen LogP contribution in [-0.4, -0.2) is 15.7 Å². The van der Waals surface area contributed by atoms with Gasteiger partial charge in [-0.15, -0.1) is 23.1 Å². The van der Waals surface area contributed by atoms with Crippen molar-refractivity contribution in [3.8, 4) is 6.07 Å². The second-order valence-corrected chi connectivity index (χ2v) is 6.20. The molecule has 2 rings (SSSR count). The summed E-state index contributed by atoms with van der Waals surface area (Å²) in [5.41, 5.74) is 1.26. The average molecular weight is 263 g/mol. The SMILES string of the molecule is Cc1sc2ncnc(SCC(C)C#N)c2c1C. The lowest BCUT2D eigenvalue weighted by Crippen LogP contribution is -1.95. The van der Waals surface area contributed by atoms with Crippen LogP contribution in [0.2, 0.25) is 0 Å². The van der Waals surface area contributed by atoms with Crippen LogP contribution in [0.4, 0.5) is 0 Å². The third-order valence-corrected chi connectivity index (χ3v) is 4.99. The number of rotatable bonds is 3. The fraction of sp³-hybridized carbons (Fsp3) is 0.417. The molecule has 0 saturated carbocycles. The number of nitrogens with zero attached hydrogens (tertiary/aromatic N) is 3. The monoisotopic (exact) mass is 263 g/mol. The number of fused-ring (bicyclic) bond motifs is 1. The van der Waals surface area contributed by atoms with E-state index in [0.717, 1.165) is 21.0 Å². The summed E-state index contributed by atoms with van der Waals surface area (Å²) in [7, 11) is 0. The molecule has 1 atom stereocenters. The molecule has 2 aromatic heterocycles. The van der Waals surface area contributed by atoms with Crippen LogP contribution in [0.25, 0.3) is 10.2 Å². The summed E-state index contributed by atoms with van der Waals surface area (Å²) in [6, 6.07) is 2.24. The highest BCUT2D eigenvalue weighted by molar-refractivity contribution is 7.99. The number of hydrogen-bond acceptors (Lipinski definition) is 5. The van der Waals surface area contributed by atoms with Crippen LogP contribution in [0.5, 0.6) is 0 Å². The van der Waals surface area contributed by atoms with Gasteiger partial charge in [0.05, 0.1) is 12.0 Å². The molecule has 17 heavy (non-hydrogen) atoms. The molecular formula is C12H13N3S2. The summed E-state index contributed by atoms with van der Waals surface area (Å²) in [6.07, 6.45) is 1.61. The Hall–Kier alpha value is -1.12. The Labute approximate surface area is 109 Å².